The SMILES string of the molecule is Cc1nc(=O)n(CCCCl)c(C)c1Br. The molecular formula is C9H12BrClN2O. The van der Waals surface area contributed by atoms with Gasteiger partial charge in [0.15, 0.2) is 0 Å². The van der Waals surface area contributed by atoms with E-state index in [0.717, 1.165) is 22.3 Å². The lowest BCUT2D eigenvalue weighted by molar-refractivity contribution is 0.612. The molecule has 0 radical (unpaired) electrons. The van der Waals surface area contributed by atoms with Crippen LogP contribution in [0.1, 0.15) is 17.8 Å². The van der Waals surface area contributed by atoms with Crippen LogP contribution in [0.2, 0.25) is 0 Å². The molecule has 0 atom stereocenters. The molecule has 0 spiro atoms. The van der Waals surface area contributed by atoms with Gasteiger partial charge in [0.05, 0.1) is 10.2 Å². The van der Waals surface area contributed by atoms with Crippen molar-refractivity contribution in [1.29, 1.82) is 0 Å². The van der Waals surface area contributed by atoms with Gasteiger partial charge in [-0.3, -0.25) is 4.57 Å². The lowest BCUT2D eigenvalue weighted by atomic mass is 10.3. The van der Waals surface area contributed by atoms with Gasteiger partial charge in [-0.1, -0.05) is 0 Å². The van der Waals surface area contributed by atoms with Crippen molar-refractivity contribution < 1.29 is 0 Å². The summed E-state index contributed by atoms with van der Waals surface area (Å²) in [5.41, 5.74) is 1.44. The van der Waals surface area contributed by atoms with E-state index in [9.17, 15) is 4.79 Å². The summed E-state index contributed by atoms with van der Waals surface area (Å²) in [6.07, 6.45) is 0.777. The molecule has 0 amide bonds. The first kappa shape index (κ1) is 11.7. The zero-order chi connectivity index (χ0) is 10.7. The van der Waals surface area contributed by atoms with Crippen LogP contribution in [-0.4, -0.2) is 15.4 Å². The van der Waals surface area contributed by atoms with Gasteiger partial charge in [0.25, 0.3) is 0 Å². The summed E-state index contributed by atoms with van der Waals surface area (Å²) >= 11 is 8.98. The highest BCUT2D eigenvalue weighted by molar-refractivity contribution is 9.10. The summed E-state index contributed by atoms with van der Waals surface area (Å²) in [4.78, 5) is 15.4. The zero-order valence-electron chi connectivity index (χ0n) is 8.18. The van der Waals surface area contributed by atoms with E-state index in [1.807, 2.05) is 13.8 Å². The molecule has 0 N–H and O–H groups in total. The Balaban J connectivity index is 3.16. The third-order valence-corrected chi connectivity index (χ3v) is 3.46. The van der Waals surface area contributed by atoms with Crippen LogP contribution < -0.4 is 5.69 Å². The third kappa shape index (κ3) is 2.36. The van der Waals surface area contributed by atoms with E-state index in [4.69, 9.17) is 11.6 Å². The van der Waals surface area contributed by atoms with Crippen LogP contribution in [0.25, 0.3) is 0 Å². The molecule has 1 rings (SSSR count). The molecule has 0 unspecified atom stereocenters. The lowest BCUT2D eigenvalue weighted by Crippen LogP contribution is -2.26. The monoisotopic (exact) mass is 278 g/mol. The Labute approximate surface area is 96.2 Å². The third-order valence-electron chi connectivity index (χ3n) is 2.05. The molecule has 0 aliphatic carbocycles. The maximum atomic E-state index is 11.5. The standard InChI is InChI=1S/C9H12BrClN2O/c1-6-8(10)7(2)13(5-3-4-11)9(14)12-6/h3-5H2,1-2H3. The molecule has 0 aromatic carbocycles. The number of halogens is 2. The Morgan fingerprint density at radius 3 is 2.71 bits per heavy atom. The van der Waals surface area contributed by atoms with E-state index in [2.05, 4.69) is 20.9 Å². The van der Waals surface area contributed by atoms with Crippen molar-refractivity contribution in [2.45, 2.75) is 26.8 Å². The Hall–Kier alpha value is -0.350. The van der Waals surface area contributed by atoms with Crippen LogP contribution >= 0.6 is 27.5 Å². The molecule has 0 saturated carbocycles. The molecule has 14 heavy (non-hydrogen) atoms. The van der Waals surface area contributed by atoms with Crippen LogP contribution in [0.5, 0.6) is 0 Å². The minimum Gasteiger partial charge on any atom is -0.295 e. The Kier molecular flexibility index (Phi) is 4.13. The van der Waals surface area contributed by atoms with Gasteiger partial charge in [-0.2, -0.15) is 4.98 Å². The van der Waals surface area contributed by atoms with Crippen molar-refractivity contribution in [3.8, 4) is 0 Å². The number of aromatic nitrogens is 2. The van der Waals surface area contributed by atoms with Gasteiger partial charge < -0.3 is 0 Å². The number of rotatable bonds is 3. The average Bonchev–Trinajstić information content (AvgIpc) is 2.14. The van der Waals surface area contributed by atoms with Crippen LogP contribution in [0.4, 0.5) is 0 Å². The van der Waals surface area contributed by atoms with E-state index in [1.165, 1.54) is 0 Å². The summed E-state index contributed by atoms with van der Waals surface area (Å²) in [6.45, 7) is 4.33. The van der Waals surface area contributed by atoms with E-state index in [0.29, 0.717) is 12.4 Å². The van der Waals surface area contributed by atoms with Crippen LogP contribution in [0, 0.1) is 13.8 Å². The van der Waals surface area contributed by atoms with Gasteiger partial charge in [-0.05, 0) is 36.2 Å². The number of hydrogen-bond acceptors (Lipinski definition) is 2. The molecule has 1 aromatic rings. The Morgan fingerprint density at radius 1 is 1.50 bits per heavy atom. The minimum absolute atomic E-state index is 0.201. The summed E-state index contributed by atoms with van der Waals surface area (Å²) in [6, 6.07) is 0. The second-order valence-electron chi connectivity index (χ2n) is 3.07. The molecule has 1 aromatic heterocycles. The van der Waals surface area contributed by atoms with Crippen molar-refractivity contribution in [2.24, 2.45) is 0 Å². The molecule has 78 valence electrons. The molecule has 0 aliphatic rings. The largest absolute Gasteiger partial charge is 0.348 e. The Bertz CT molecular complexity index is 389. The number of alkyl halides is 1. The number of aryl methyl sites for hydroxylation is 1. The fraction of sp³-hybridized carbons (Fsp3) is 0.556. The smallest absolute Gasteiger partial charge is 0.295 e. The molecule has 5 heteroatoms. The molecule has 1 heterocycles. The second-order valence-corrected chi connectivity index (χ2v) is 4.24. The predicted molar refractivity (Wildman–Crippen MR) is 61.0 cm³/mol. The van der Waals surface area contributed by atoms with Gasteiger partial charge in [0, 0.05) is 18.1 Å². The first-order chi connectivity index (χ1) is 6.57. The molecule has 0 saturated heterocycles. The molecule has 0 aliphatic heterocycles. The predicted octanol–water partition coefficient (Wildman–Crippen LogP) is 2.25. The Morgan fingerprint density at radius 2 is 2.14 bits per heavy atom. The molecule has 3 nitrogen and oxygen atoms in total. The maximum Gasteiger partial charge on any atom is 0.348 e. The number of hydrogen-bond donors (Lipinski definition) is 0. The van der Waals surface area contributed by atoms with Crippen molar-refractivity contribution in [1.82, 2.24) is 9.55 Å². The molecule has 0 bridgehead atoms. The highest BCUT2D eigenvalue weighted by atomic mass is 79.9. The van der Waals surface area contributed by atoms with Crippen molar-refractivity contribution in [2.75, 3.05) is 5.88 Å². The first-order valence-electron chi connectivity index (χ1n) is 4.37. The van der Waals surface area contributed by atoms with Gasteiger partial charge in [-0.15, -0.1) is 11.6 Å². The van der Waals surface area contributed by atoms with E-state index in [1.54, 1.807) is 4.57 Å². The summed E-state index contributed by atoms with van der Waals surface area (Å²) in [5.74, 6) is 0.553. The van der Waals surface area contributed by atoms with Crippen molar-refractivity contribution in [3.05, 3.63) is 26.3 Å². The van der Waals surface area contributed by atoms with E-state index < -0.39 is 0 Å². The summed E-state index contributed by atoms with van der Waals surface area (Å²) < 4.78 is 2.53. The summed E-state index contributed by atoms with van der Waals surface area (Å²) in [5, 5.41) is 0. The molecule has 0 fully saturated rings. The van der Waals surface area contributed by atoms with E-state index in [-0.39, 0.29) is 5.69 Å². The van der Waals surface area contributed by atoms with Crippen LogP contribution in [0.15, 0.2) is 9.27 Å². The average molecular weight is 280 g/mol. The van der Waals surface area contributed by atoms with Gasteiger partial charge in [0.2, 0.25) is 0 Å². The summed E-state index contributed by atoms with van der Waals surface area (Å²) in [7, 11) is 0. The lowest BCUT2D eigenvalue weighted by Gasteiger charge is -2.10. The quantitative estimate of drug-likeness (QED) is 0.796. The maximum absolute atomic E-state index is 11.5. The second kappa shape index (κ2) is 4.94. The van der Waals surface area contributed by atoms with Crippen LogP contribution in [-0.2, 0) is 6.54 Å². The van der Waals surface area contributed by atoms with E-state index >= 15 is 0 Å². The van der Waals surface area contributed by atoms with Crippen molar-refractivity contribution in [3.63, 3.8) is 0 Å². The van der Waals surface area contributed by atoms with Crippen molar-refractivity contribution >= 4 is 27.5 Å². The highest BCUT2D eigenvalue weighted by Gasteiger charge is 2.08. The topological polar surface area (TPSA) is 34.9 Å². The van der Waals surface area contributed by atoms with Crippen LogP contribution in [0.3, 0.4) is 0 Å². The molecular weight excluding hydrogens is 267 g/mol. The number of nitrogens with zero attached hydrogens (tertiary/aromatic N) is 2. The van der Waals surface area contributed by atoms with Gasteiger partial charge in [-0.25, -0.2) is 4.79 Å². The van der Waals surface area contributed by atoms with Gasteiger partial charge >= 0.3 is 5.69 Å². The highest BCUT2D eigenvalue weighted by Crippen LogP contribution is 2.16. The zero-order valence-corrected chi connectivity index (χ0v) is 10.5. The fourth-order valence-corrected chi connectivity index (χ4v) is 1.68. The minimum atomic E-state index is -0.201. The van der Waals surface area contributed by atoms with Gasteiger partial charge in [0.1, 0.15) is 0 Å². The first-order valence-corrected chi connectivity index (χ1v) is 5.70. The fourth-order valence-electron chi connectivity index (χ4n) is 1.26. The normalized spacial score (nSPS) is 10.6.